The maximum atomic E-state index is 12.8. The van der Waals surface area contributed by atoms with Crippen LogP contribution in [0.3, 0.4) is 0 Å². The monoisotopic (exact) mass is 389 g/mol. The van der Waals surface area contributed by atoms with Crippen LogP contribution in [0.1, 0.15) is 31.9 Å². The summed E-state index contributed by atoms with van der Waals surface area (Å²) in [6.45, 7) is 8.09. The van der Waals surface area contributed by atoms with E-state index in [-0.39, 0.29) is 15.3 Å². The van der Waals surface area contributed by atoms with Crippen LogP contribution in [0.25, 0.3) is 0 Å². The smallest absolute Gasteiger partial charge is 0.222 e. The van der Waals surface area contributed by atoms with Crippen molar-refractivity contribution in [3.63, 3.8) is 0 Å². The lowest BCUT2D eigenvalue weighted by atomic mass is 9.87. The Bertz CT molecular complexity index is 943. The molecule has 6 nitrogen and oxygen atoms in total. The first-order valence-electron chi connectivity index (χ1n) is 8.48. The van der Waals surface area contributed by atoms with E-state index in [1.165, 1.54) is 13.3 Å². The number of sulfone groups is 1. The number of hydrazine groups is 1. The summed E-state index contributed by atoms with van der Waals surface area (Å²) in [5.74, 6) is 6.54. The molecule has 0 fully saturated rings. The Morgan fingerprint density at radius 3 is 2.22 bits per heavy atom. The summed E-state index contributed by atoms with van der Waals surface area (Å²) >= 11 is 0. The Balaban J connectivity index is 2.37. The molecular weight excluding hydrogens is 362 g/mol. The fourth-order valence-electron chi connectivity index (χ4n) is 2.55. The number of methoxy groups -OCH3 is 1. The van der Waals surface area contributed by atoms with Gasteiger partial charge < -0.3 is 10.5 Å². The summed E-state index contributed by atoms with van der Waals surface area (Å²) in [5, 5.41) is 0.805. The second kappa shape index (κ2) is 7.62. The summed E-state index contributed by atoms with van der Waals surface area (Å²) in [6.07, 6.45) is 1.18. The van der Waals surface area contributed by atoms with E-state index in [0.29, 0.717) is 11.4 Å². The van der Waals surface area contributed by atoms with E-state index in [1.807, 2.05) is 13.0 Å². The van der Waals surface area contributed by atoms with Gasteiger partial charge in [0.25, 0.3) is 0 Å². The first kappa shape index (κ1) is 20.8. The lowest BCUT2D eigenvalue weighted by molar-refractivity contribution is 0.415. The Morgan fingerprint density at radius 1 is 1.11 bits per heavy atom. The molecule has 0 atom stereocenters. The molecule has 0 spiro atoms. The Labute approximate surface area is 161 Å². The maximum Gasteiger partial charge on any atom is 0.222 e. The third-order valence-electron chi connectivity index (χ3n) is 4.22. The number of anilines is 1. The zero-order valence-electron chi connectivity index (χ0n) is 16.4. The van der Waals surface area contributed by atoms with E-state index in [1.54, 1.807) is 36.4 Å². The molecule has 0 amide bonds. The van der Waals surface area contributed by atoms with Gasteiger partial charge in [-0.2, -0.15) is 0 Å². The molecule has 0 saturated heterocycles. The zero-order chi connectivity index (χ0) is 20.4. The number of nitrogens with zero attached hydrogens (tertiary/aromatic N) is 1. The van der Waals surface area contributed by atoms with Crippen LogP contribution in [0.4, 0.5) is 5.69 Å². The molecule has 0 unspecified atom stereocenters. The number of hydrogen-bond acceptors (Lipinski definition) is 6. The average Bonchev–Trinajstić information content (AvgIpc) is 2.60. The van der Waals surface area contributed by atoms with E-state index in [2.05, 4.69) is 20.8 Å². The van der Waals surface area contributed by atoms with Gasteiger partial charge in [0, 0.05) is 0 Å². The Morgan fingerprint density at radius 2 is 1.70 bits per heavy atom. The third kappa shape index (κ3) is 4.61. The minimum atomic E-state index is -3.86. The van der Waals surface area contributed by atoms with Crippen molar-refractivity contribution in [2.45, 2.75) is 38.0 Å². The molecule has 7 heteroatoms. The first-order chi connectivity index (χ1) is 12.5. The highest BCUT2D eigenvalue weighted by Gasteiger charge is 2.21. The average molecular weight is 390 g/mol. The number of aryl methyl sites for hydroxylation is 1. The van der Waals surface area contributed by atoms with Crippen LogP contribution in [0.5, 0.6) is 5.75 Å². The van der Waals surface area contributed by atoms with Crippen LogP contribution in [0.2, 0.25) is 0 Å². The van der Waals surface area contributed by atoms with E-state index < -0.39 is 9.84 Å². The summed E-state index contributed by atoms with van der Waals surface area (Å²) in [5.41, 5.74) is 8.32. The first-order valence-corrected chi connectivity index (χ1v) is 9.96. The molecule has 2 rings (SSSR count). The summed E-state index contributed by atoms with van der Waals surface area (Å²) in [4.78, 5) is 0.119. The number of nitrogens with two attached hydrogens (primary N) is 2. The van der Waals surface area contributed by atoms with E-state index >= 15 is 0 Å². The zero-order valence-corrected chi connectivity index (χ0v) is 17.2. The van der Waals surface area contributed by atoms with Gasteiger partial charge in [0.2, 0.25) is 9.84 Å². The SMILES string of the molecule is COc1ccc(C)cc1N(N)/C=C(\N)S(=O)(=O)c1ccc(C(C)(C)C)cc1. The van der Waals surface area contributed by atoms with Crippen LogP contribution >= 0.6 is 0 Å². The highest BCUT2D eigenvalue weighted by Crippen LogP contribution is 2.29. The molecule has 0 saturated carbocycles. The van der Waals surface area contributed by atoms with Crippen molar-refractivity contribution in [3.8, 4) is 5.75 Å². The Hall–Kier alpha value is -2.51. The minimum Gasteiger partial charge on any atom is -0.495 e. The molecule has 0 aliphatic rings. The fourth-order valence-corrected chi connectivity index (χ4v) is 3.57. The van der Waals surface area contributed by atoms with Crippen LogP contribution in [0.15, 0.2) is 58.6 Å². The minimum absolute atomic E-state index is 0.0700. The summed E-state index contributed by atoms with van der Waals surface area (Å²) in [6, 6.07) is 12.1. The van der Waals surface area contributed by atoms with E-state index in [4.69, 9.17) is 16.3 Å². The van der Waals surface area contributed by atoms with Gasteiger partial charge in [0.15, 0.2) is 0 Å². The normalized spacial score (nSPS) is 12.7. The van der Waals surface area contributed by atoms with Crippen molar-refractivity contribution in [1.29, 1.82) is 0 Å². The second-order valence-electron chi connectivity index (χ2n) is 7.39. The van der Waals surface area contributed by atoms with Crippen LogP contribution < -0.4 is 21.3 Å². The molecule has 4 N–H and O–H groups in total. The third-order valence-corrected chi connectivity index (χ3v) is 5.84. The van der Waals surface area contributed by atoms with Crippen molar-refractivity contribution in [2.75, 3.05) is 12.1 Å². The van der Waals surface area contributed by atoms with Gasteiger partial charge in [-0.05, 0) is 47.7 Å². The number of rotatable bonds is 5. The molecule has 146 valence electrons. The van der Waals surface area contributed by atoms with Gasteiger partial charge in [0.05, 0.1) is 23.9 Å². The highest BCUT2D eigenvalue weighted by atomic mass is 32.2. The lowest BCUT2D eigenvalue weighted by Gasteiger charge is -2.20. The number of ether oxygens (including phenoxy) is 1. The van der Waals surface area contributed by atoms with Crippen LogP contribution in [-0.2, 0) is 15.3 Å². The predicted molar refractivity (Wildman–Crippen MR) is 109 cm³/mol. The van der Waals surface area contributed by atoms with Crippen molar-refractivity contribution < 1.29 is 13.2 Å². The molecule has 0 aliphatic heterocycles. The molecule has 0 aromatic heterocycles. The quantitative estimate of drug-likeness (QED) is 0.602. The van der Waals surface area contributed by atoms with Gasteiger partial charge in [0.1, 0.15) is 10.8 Å². The van der Waals surface area contributed by atoms with Crippen molar-refractivity contribution in [1.82, 2.24) is 0 Å². The van der Waals surface area contributed by atoms with Gasteiger partial charge >= 0.3 is 0 Å². The topological polar surface area (TPSA) is 98.7 Å². The maximum absolute atomic E-state index is 12.8. The van der Waals surface area contributed by atoms with Gasteiger partial charge in [-0.15, -0.1) is 0 Å². The largest absolute Gasteiger partial charge is 0.495 e. The number of benzene rings is 2. The molecule has 0 heterocycles. The molecule has 2 aromatic rings. The Kier molecular flexibility index (Phi) is 5.87. The standard InChI is InChI=1S/C20H27N3O3S/c1-14-6-11-18(26-5)17(12-14)23(22)13-19(21)27(24,25)16-9-7-15(8-10-16)20(2,3)4/h6-13H,21-22H2,1-5H3/b19-13+. The second-order valence-corrected chi connectivity index (χ2v) is 9.34. The van der Waals surface area contributed by atoms with Crippen LogP contribution in [0, 0.1) is 6.92 Å². The molecule has 0 bridgehead atoms. The van der Waals surface area contributed by atoms with Gasteiger partial charge in [-0.1, -0.05) is 39.0 Å². The molecular formula is C20H27N3O3S. The highest BCUT2D eigenvalue weighted by molar-refractivity contribution is 7.95. The molecule has 27 heavy (non-hydrogen) atoms. The molecule has 0 radical (unpaired) electrons. The van der Waals surface area contributed by atoms with E-state index in [9.17, 15) is 8.42 Å². The predicted octanol–water partition coefficient (Wildman–Crippen LogP) is 3.21. The fraction of sp³-hybridized carbons (Fsp3) is 0.300. The van der Waals surface area contributed by atoms with Crippen molar-refractivity contribution in [2.24, 2.45) is 11.6 Å². The van der Waals surface area contributed by atoms with Gasteiger partial charge in [-0.3, -0.25) is 5.01 Å². The van der Waals surface area contributed by atoms with Gasteiger partial charge in [-0.25, -0.2) is 14.3 Å². The van der Waals surface area contributed by atoms with Crippen molar-refractivity contribution in [3.05, 3.63) is 64.8 Å². The molecule has 2 aromatic carbocycles. The number of hydrogen-bond donors (Lipinski definition) is 2. The molecule has 0 aliphatic carbocycles. The summed E-state index contributed by atoms with van der Waals surface area (Å²) < 4.78 is 30.8. The van der Waals surface area contributed by atoms with Crippen molar-refractivity contribution >= 4 is 15.5 Å². The van der Waals surface area contributed by atoms with E-state index in [0.717, 1.165) is 16.1 Å². The van der Waals surface area contributed by atoms with Crippen LogP contribution in [-0.4, -0.2) is 15.5 Å². The summed E-state index contributed by atoms with van der Waals surface area (Å²) in [7, 11) is -2.34. The lowest BCUT2D eigenvalue weighted by Crippen LogP contribution is -2.28.